The summed E-state index contributed by atoms with van der Waals surface area (Å²) in [5.41, 5.74) is 6.27. The minimum atomic E-state index is -4.28. The first kappa shape index (κ1) is 10.6. The van der Waals surface area contributed by atoms with Crippen molar-refractivity contribution in [2.45, 2.75) is 13.0 Å². The Hall–Kier alpha value is -1.27. The highest BCUT2D eigenvalue weighted by Crippen LogP contribution is 2.30. The van der Waals surface area contributed by atoms with E-state index in [9.17, 15) is 8.42 Å². The summed E-state index contributed by atoms with van der Waals surface area (Å²) in [4.78, 5) is 0. The minimum absolute atomic E-state index is 0.405. The molecular weight excluding hydrogens is 254 g/mol. The van der Waals surface area contributed by atoms with Gasteiger partial charge in [-0.3, -0.25) is 0 Å². The Labute approximate surface area is 112 Å². The number of hydrogen-bond donors (Lipinski definition) is 1. The SMILES string of the molecule is [2H]C([2H])([2H])S(=O)(=O)C[C@@H](N)c1ccc(OC)c(OCC)c1. The first-order valence-electron chi connectivity index (χ1n) is 6.91. The molecule has 0 aliphatic carbocycles. The quantitative estimate of drug-likeness (QED) is 0.843. The molecule has 2 N–H and O–H groups in total. The average Bonchev–Trinajstić information content (AvgIpc) is 2.37. The lowest BCUT2D eigenvalue weighted by Gasteiger charge is -2.15. The second-order valence-electron chi connectivity index (χ2n) is 3.73. The highest BCUT2D eigenvalue weighted by atomic mass is 32.2. The number of rotatable bonds is 6. The van der Waals surface area contributed by atoms with Crippen molar-refractivity contribution in [1.29, 1.82) is 0 Å². The van der Waals surface area contributed by atoms with Crippen LogP contribution in [0.2, 0.25) is 0 Å². The van der Waals surface area contributed by atoms with Gasteiger partial charge in [-0.25, -0.2) is 8.42 Å². The Kier molecular flexibility index (Phi) is 3.58. The number of benzene rings is 1. The maximum atomic E-state index is 11.7. The van der Waals surface area contributed by atoms with Gasteiger partial charge in [-0.15, -0.1) is 0 Å². The van der Waals surface area contributed by atoms with Crippen LogP contribution in [0.25, 0.3) is 0 Å². The van der Waals surface area contributed by atoms with Crippen LogP contribution in [0, 0.1) is 0 Å². The summed E-state index contributed by atoms with van der Waals surface area (Å²) in [6, 6.07) is 3.78. The Morgan fingerprint density at radius 2 is 2.17 bits per heavy atom. The number of methoxy groups -OCH3 is 1. The molecule has 0 amide bonds. The van der Waals surface area contributed by atoms with Crippen molar-refractivity contribution >= 4 is 9.84 Å². The van der Waals surface area contributed by atoms with Crippen molar-refractivity contribution < 1.29 is 22.0 Å². The third-order valence-electron chi connectivity index (χ3n) is 2.31. The Bertz CT molecular complexity index is 587. The first-order chi connectivity index (χ1) is 9.62. The van der Waals surface area contributed by atoms with E-state index < -0.39 is 27.8 Å². The molecule has 0 heterocycles. The van der Waals surface area contributed by atoms with Gasteiger partial charge in [-0.1, -0.05) is 6.07 Å². The van der Waals surface area contributed by atoms with Crippen molar-refractivity contribution in [3.05, 3.63) is 23.8 Å². The zero-order valence-corrected chi connectivity index (χ0v) is 11.2. The van der Waals surface area contributed by atoms with E-state index >= 15 is 0 Å². The van der Waals surface area contributed by atoms with E-state index in [4.69, 9.17) is 19.3 Å². The summed E-state index contributed by atoms with van der Waals surface area (Å²) in [6.45, 7) is 2.20. The van der Waals surface area contributed by atoms with Gasteiger partial charge in [0.1, 0.15) is 9.84 Å². The summed E-state index contributed by atoms with van der Waals surface area (Å²) in [6.07, 6.45) is -3.07. The normalized spacial score (nSPS) is 16.3. The van der Waals surface area contributed by atoms with Gasteiger partial charge in [0.15, 0.2) is 11.5 Å². The Morgan fingerprint density at radius 3 is 2.72 bits per heavy atom. The molecule has 0 saturated carbocycles. The molecule has 0 bridgehead atoms. The molecular formula is C12H19NO4S. The fourth-order valence-corrected chi connectivity index (χ4v) is 2.19. The molecule has 5 nitrogen and oxygen atoms in total. The lowest BCUT2D eigenvalue weighted by molar-refractivity contribution is 0.310. The molecule has 1 aromatic carbocycles. The van der Waals surface area contributed by atoms with E-state index in [1.165, 1.54) is 7.11 Å². The van der Waals surface area contributed by atoms with Crippen molar-refractivity contribution in [2.75, 3.05) is 25.7 Å². The smallest absolute Gasteiger partial charge is 0.161 e. The summed E-state index contributed by atoms with van der Waals surface area (Å²) >= 11 is 0. The maximum Gasteiger partial charge on any atom is 0.161 e. The van der Waals surface area contributed by atoms with Crippen LogP contribution < -0.4 is 15.2 Å². The zero-order valence-electron chi connectivity index (χ0n) is 13.3. The highest BCUT2D eigenvalue weighted by molar-refractivity contribution is 7.90. The van der Waals surface area contributed by atoms with Gasteiger partial charge >= 0.3 is 0 Å². The summed E-state index contributed by atoms with van der Waals surface area (Å²) in [5.74, 6) is 0.257. The molecule has 6 heteroatoms. The monoisotopic (exact) mass is 276 g/mol. The fourth-order valence-electron chi connectivity index (χ4n) is 1.52. The Morgan fingerprint density at radius 1 is 1.44 bits per heavy atom. The number of hydrogen-bond acceptors (Lipinski definition) is 5. The third kappa shape index (κ3) is 4.19. The van der Waals surface area contributed by atoms with Crippen LogP contribution >= 0.6 is 0 Å². The van der Waals surface area contributed by atoms with E-state index in [0.29, 0.717) is 23.7 Å². The number of sulfone groups is 1. The molecule has 1 rings (SSSR count). The van der Waals surface area contributed by atoms with Gasteiger partial charge in [0.05, 0.1) is 19.5 Å². The number of nitrogens with two attached hydrogens (primary N) is 1. The largest absolute Gasteiger partial charge is 0.493 e. The van der Waals surface area contributed by atoms with Crippen LogP contribution in [-0.2, 0) is 9.84 Å². The van der Waals surface area contributed by atoms with Crippen molar-refractivity contribution in [2.24, 2.45) is 5.73 Å². The van der Waals surface area contributed by atoms with Crippen LogP contribution in [0.15, 0.2) is 18.2 Å². The van der Waals surface area contributed by atoms with E-state index in [1.807, 2.05) is 0 Å². The van der Waals surface area contributed by atoms with E-state index in [2.05, 4.69) is 0 Å². The summed E-state index contributed by atoms with van der Waals surface area (Å²) in [7, 11) is -2.80. The molecule has 0 aromatic heterocycles. The topological polar surface area (TPSA) is 78.6 Å². The lowest BCUT2D eigenvalue weighted by Crippen LogP contribution is -2.20. The summed E-state index contributed by atoms with van der Waals surface area (Å²) < 4.78 is 54.9. The molecule has 1 atom stereocenters. The van der Waals surface area contributed by atoms with Crippen LogP contribution in [0.4, 0.5) is 0 Å². The molecule has 102 valence electrons. The predicted octanol–water partition coefficient (Wildman–Crippen LogP) is 1.14. The molecule has 0 spiro atoms. The highest BCUT2D eigenvalue weighted by Gasteiger charge is 2.15. The van der Waals surface area contributed by atoms with Gasteiger partial charge in [0.2, 0.25) is 0 Å². The van der Waals surface area contributed by atoms with Crippen molar-refractivity contribution in [3.8, 4) is 11.5 Å². The molecule has 0 aliphatic heterocycles. The van der Waals surface area contributed by atoms with Gasteiger partial charge in [-0.05, 0) is 24.6 Å². The van der Waals surface area contributed by atoms with Crippen LogP contribution in [-0.4, -0.2) is 34.1 Å². The van der Waals surface area contributed by atoms with Crippen molar-refractivity contribution in [3.63, 3.8) is 0 Å². The van der Waals surface area contributed by atoms with Gasteiger partial charge in [0, 0.05) is 16.3 Å². The second-order valence-corrected chi connectivity index (χ2v) is 5.29. The van der Waals surface area contributed by atoms with Gasteiger partial charge < -0.3 is 15.2 Å². The molecule has 18 heavy (non-hydrogen) atoms. The third-order valence-corrected chi connectivity index (χ3v) is 3.11. The molecule has 1 aromatic rings. The molecule has 0 unspecified atom stereocenters. The zero-order chi connectivity index (χ0) is 16.3. The standard InChI is InChI=1S/C12H19NO4S/c1-4-17-12-7-9(5-6-11(12)16-2)10(13)8-18(3,14)15/h5-7,10H,4,8,13H2,1-3H3/t10-/m1/s1/i3D3. The van der Waals surface area contributed by atoms with Crippen LogP contribution in [0.1, 0.15) is 22.6 Å². The minimum Gasteiger partial charge on any atom is -0.493 e. The van der Waals surface area contributed by atoms with E-state index in [-0.39, 0.29) is 0 Å². The van der Waals surface area contributed by atoms with Gasteiger partial charge in [-0.2, -0.15) is 0 Å². The van der Waals surface area contributed by atoms with Gasteiger partial charge in [0.25, 0.3) is 0 Å². The molecule has 0 saturated heterocycles. The van der Waals surface area contributed by atoms with E-state index in [1.54, 1.807) is 25.1 Å². The first-order valence-corrected chi connectivity index (χ1v) is 7.06. The fraction of sp³-hybridized carbons (Fsp3) is 0.500. The Balaban J connectivity index is 3.03. The average molecular weight is 276 g/mol. The maximum absolute atomic E-state index is 11.7. The second kappa shape index (κ2) is 6.06. The van der Waals surface area contributed by atoms with Crippen LogP contribution in [0.5, 0.6) is 11.5 Å². The van der Waals surface area contributed by atoms with Crippen molar-refractivity contribution in [1.82, 2.24) is 0 Å². The number of ether oxygens (including phenoxy) is 2. The molecule has 0 fully saturated rings. The predicted molar refractivity (Wildman–Crippen MR) is 70.8 cm³/mol. The lowest BCUT2D eigenvalue weighted by atomic mass is 10.1. The molecule has 0 radical (unpaired) electrons. The van der Waals surface area contributed by atoms with Crippen LogP contribution in [0.3, 0.4) is 0 Å². The summed E-state index contributed by atoms with van der Waals surface area (Å²) in [5, 5.41) is 0. The molecule has 0 aliphatic rings. The van der Waals surface area contributed by atoms with E-state index in [0.717, 1.165) is 0 Å².